The van der Waals surface area contributed by atoms with E-state index in [4.69, 9.17) is 11.6 Å². The van der Waals surface area contributed by atoms with Crippen LogP contribution < -0.4 is 5.32 Å². The first-order valence-corrected chi connectivity index (χ1v) is 8.57. The molecular formula is C18H21BrClN. The molecule has 0 bridgehead atoms. The van der Waals surface area contributed by atoms with Crippen LogP contribution in [0.15, 0.2) is 53.0 Å². The van der Waals surface area contributed by atoms with E-state index in [0.717, 1.165) is 31.0 Å². The topological polar surface area (TPSA) is 12.0 Å². The smallest absolute Gasteiger partial charge is 0.0408 e. The summed E-state index contributed by atoms with van der Waals surface area (Å²) in [6, 6.07) is 16.6. The van der Waals surface area contributed by atoms with Crippen LogP contribution in [0.4, 0.5) is 0 Å². The summed E-state index contributed by atoms with van der Waals surface area (Å²) in [5, 5.41) is 4.34. The molecule has 1 N–H and O–H groups in total. The Hall–Kier alpha value is -0.830. The molecule has 0 aromatic heterocycles. The van der Waals surface area contributed by atoms with Crippen LogP contribution in [0.1, 0.15) is 30.4 Å². The predicted octanol–water partition coefficient (Wildman–Crippen LogP) is 5.43. The van der Waals surface area contributed by atoms with Crippen LogP contribution in [0.2, 0.25) is 5.02 Å². The molecule has 0 spiro atoms. The molecule has 1 nitrogen and oxygen atoms in total. The van der Waals surface area contributed by atoms with Crippen molar-refractivity contribution in [3.63, 3.8) is 0 Å². The number of halogens is 2. The van der Waals surface area contributed by atoms with E-state index in [1.807, 2.05) is 12.1 Å². The van der Waals surface area contributed by atoms with Gasteiger partial charge in [0.25, 0.3) is 0 Å². The molecule has 0 amide bonds. The highest BCUT2D eigenvalue weighted by Crippen LogP contribution is 2.26. The van der Waals surface area contributed by atoms with Crippen molar-refractivity contribution in [1.29, 1.82) is 0 Å². The highest BCUT2D eigenvalue weighted by Gasteiger charge is 2.14. The van der Waals surface area contributed by atoms with Crippen LogP contribution in [0.3, 0.4) is 0 Å². The van der Waals surface area contributed by atoms with Gasteiger partial charge in [-0.3, -0.25) is 0 Å². The second-order valence-electron chi connectivity index (χ2n) is 5.25. The fourth-order valence-electron chi connectivity index (χ4n) is 2.45. The lowest BCUT2D eigenvalue weighted by molar-refractivity contribution is 0.576. The largest absolute Gasteiger partial charge is 0.316 e. The van der Waals surface area contributed by atoms with Crippen LogP contribution in [0.5, 0.6) is 0 Å². The van der Waals surface area contributed by atoms with Gasteiger partial charge in [-0.2, -0.15) is 0 Å². The second kappa shape index (κ2) is 8.57. The fraction of sp³-hybridized carbons (Fsp3) is 0.333. The number of hydrogen-bond donors (Lipinski definition) is 1. The monoisotopic (exact) mass is 365 g/mol. The predicted molar refractivity (Wildman–Crippen MR) is 95.2 cm³/mol. The van der Waals surface area contributed by atoms with Crippen molar-refractivity contribution >= 4 is 27.5 Å². The Kier molecular flexibility index (Phi) is 6.75. The molecule has 21 heavy (non-hydrogen) atoms. The van der Waals surface area contributed by atoms with Crippen molar-refractivity contribution in [3.8, 4) is 0 Å². The van der Waals surface area contributed by atoms with Crippen molar-refractivity contribution in [2.45, 2.75) is 25.7 Å². The number of benzene rings is 2. The lowest BCUT2D eigenvalue weighted by Crippen LogP contribution is -2.23. The van der Waals surface area contributed by atoms with E-state index in [1.54, 1.807) is 0 Å². The molecule has 0 aliphatic heterocycles. The molecule has 3 heteroatoms. The molecule has 0 radical (unpaired) electrons. The third kappa shape index (κ3) is 5.14. The van der Waals surface area contributed by atoms with Crippen molar-refractivity contribution in [1.82, 2.24) is 5.32 Å². The summed E-state index contributed by atoms with van der Waals surface area (Å²) in [7, 11) is 0. The van der Waals surface area contributed by atoms with Crippen molar-refractivity contribution < 1.29 is 0 Å². The van der Waals surface area contributed by atoms with Gasteiger partial charge < -0.3 is 5.32 Å². The normalized spacial score (nSPS) is 12.3. The summed E-state index contributed by atoms with van der Waals surface area (Å²) in [5.41, 5.74) is 2.63. The lowest BCUT2D eigenvalue weighted by Gasteiger charge is -2.19. The first-order valence-electron chi connectivity index (χ1n) is 7.40. The average molecular weight is 367 g/mol. The first kappa shape index (κ1) is 16.5. The van der Waals surface area contributed by atoms with Gasteiger partial charge in [-0.1, -0.05) is 64.8 Å². The minimum absolute atomic E-state index is 0.425. The van der Waals surface area contributed by atoms with Gasteiger partial charge in [-0.25, -0.2) is 0 Å². The van der Waals surface area contributed by atoms with Crippen LogP contribution in [-0.4, -0.2) is 13.1 Å². The van der Waals surface area contributed by atoms with Crippen molar-refractivity contribution in [3.05, 3.63) is 69.2 Å². The lowest BCUT2D eigenvalue weighted by atomic mass is 9.92. The maximum Gasteiger partial charge on any atom is 0.0408 e. The van der Waals surface area contributed by atoms with E-state index in [-0.39, 0.29) is 0 Å². The van der Waals surface area contributed by atoms with Crippen LogP contribution in [0.25, 0.3) is 0 Å². The average Bonchev–Trinajstić information content (AvgIpc) is 2.48. The number of nitrogens with one attached hydrogen (secondary N) is 1. The molecule has 0 aliphatic rings. The molecular weight excluding hydrogens is 346 g/mol. The standard InChI is InChI=1S/C18H21BrClN/c1-2-10-21-13-16(14-7-5-8-17(20)12-14)11-15-6-3-4-9-18(15)19/h3-9,12,16,21H,2,10-11,13H2,1H3. The summed E-state index contributed by atoms with van der Waals surface area (Å²) in [6.45, 7) is 4.21. The Morgan fingerprint density at radius 2 is 1.95 bits per heavy atom. The minimum atomic E-state index is 0.425. The SMILES string of the molecule is CCCNCC(Cc1ccccc1Br)c1cccc(Cl)c1. The molecule has 0 saturated heterocycles. The zero-order chi connectivity index (χ0) is 15.1. The number of rotatable bonds is 7. The molecule has 0 saturated carbocycles. The number of hydrogen-bond acceptors (Lipinski definition) is 1. The first-order chi connectivity index (χ1) is 10.2. The third-order valence-electron chi connectivity index (χ3n) is 3.56. The van der Waals surface area contributed by atoms with Crippen molar-refractivity contribution in [2.75, 3.05) is 13.1 Å². The molecule has 2 rings (SSSR count). The Morgan fingerprint density at radius 3 is 2.67 bits per heavy atom. The van der Waals surface area contributed by atoms with Gasteiger partial charge in [0.15, 0.2) is 0 Å². The van der Waals surface area contributed by atoms with Gasteiger partial charge in [-0.15, -0.1) is 0 Å². The van der Waals surface area contributed by atoms with Gasteiger partial charge in [0.2, 0.25) is 0 Å². The van der Waals surface area contributed by atoms with Gasteiger partial charge in [0.1, 0.15) is 0 Å². The van der Waals surface area contributed by atoms with E-state index >= 15 is 0 Å². The van der Waals surface area contributed by atoms with E-state index in [2.05, 4.69) is 64.6 Å². The zero-order valence-electron chi connectivity index (χ0n) is 12.3. The van der Waals surface area contributed by atoms with E-state index < -0.39 is 0 Å². The van der Waals surface area contributed by atoms with E-state index in [0.29, 0.717) is 5.92 Å². The molecule has 1 unspecified atom stereocenters. The molecule has 2 aromatic rings. The summed E-state index contributed by atoms with van der Waals surface area (Å²) in [6.07, 6.45) is 2.15. The Balaban J connectivity index is 2.17. The molecule has 0 fully saturated rings. The molecule has 2 aromatic carbocycles. The maximum atomic E-state index is 6.15. The van der Waals surface area contributed by atoms with E-state index in [9.17, 15) is 0 Å². The van der Waals surface area contributed by atoms with Gasteiger partial charge in [-0.05, 0) is 48.7 Å². The minimum Gasteiger partial charge on any atom is -0.316 e. The zero-order valence-corrected chi connectivity index (χ0v) is 14.6. The maximum absolute atomic E-state index is 6.15. The van der Waals surface area contributed by atoms with Crippen LogP contribution in [0, 0.1) is 0 Å². The Bertz CT molecular complexity index is 571. The van der Waals surface area contributed by atoms with Gasteiger partial charge in [0.05, 0.1) is 0 Å². The molecule has 1 atom stereocenters. The summed E-state index contributed by atoms with van der Waals surface area (Å²) in [5.74, 6) is 0.425. The van der Waals surface area contributed by atoms with E-state index in [1.165, 1.54) is 15.6 Å². The van der Waals surface area contributed by atoms with Crippen molar-refractivity contribution in [2.24, 2.45) is 0 Å². The highest BCUT2D eigenvalue weighted by atomic mass is 79.9. The van der Waals surface area contributed by atoms with Gasteiger partial charge in [0, 0.05) is 22.0 Å². The Morgan fingerprint density at radius 1 is 1.14 bits per heavy atom. The summed E-state index contributed by atoms with van der Waals surface area (Å²) in [4.78, 5) is 0. The Labute approximate surface area is 140 Å². The van der Waals surface area contributed by atoms with Crippen LogP contribution in [-0.2, 0) is 6.42 Å². The molecule has 0 aliphatic carbocycles. The molecule has 112 valence electrons. The second-order valence-corrected chi connectivity index (χ2v) is 6.54. The van der Waals surface area contributed by atoms with Gasteiger partial charge >= 0.3 is 0 Å². The fourth-order valence-corrected chi connectivity index (χ4v) is 3.10. The summed E-state index contributed by atoms with van der Waals surface area (Å²) >= 11 is 9.80. The third-order valence-corrected chi connectivity index (χ3v) is 4.57. The quantitative estimate of drug-likeness (QED) is 0.644. The summed E-state index contributed by atoms with van der Waals surface area (Å²) < 4.78 is 1.17. The van der Waals surface area contributed by atoms with Crippen LogP contribution >= 0.6 is 27.5 Å². The highest BCUT2D eigenvalue weighted by molar-refractivity contribution is 9.10. The molecule has 0 heterocycles.